The zero-order valence-corrected chi connectivity index (χ0v) is 16.5. The van der Waals surface area contributed by atoms with Crippen LogP contribution < -0.4 is 4.74 Å². The van der Waals surface area contributed by atoms with Crippen LogP contribution in [0.25, 0.3) is 0 Å². The summed E-state index contributed by atoms with van der Waals surface area (Å²) in [5.74, 6) is 0.752. The lowest BCUT2D eigenvalue weighted by atomic mass is 10.2. The van der Waals surface area contributed by atoms with Gasteiger partial charge in [0.25, 0.3) is 0 Å². The predicted octanol–water partition coefficient (Wildman–Crippen LogP) is 6.97. The van der Waals surface area contributed by atoms with E-state index in [4.69, 9.17) is 16.3 Å². The Labute approximate surface area is 150 Å². The Bertz CT molecular complexity index is 593. The number of hydrogen-bond acceptors (Lipinski definition) is 1. The smallest absolute Gasteiger partial charge is 0.148 e. The first-order valence-corrected chi connectivity index (χ1v) is 8.73. The third-order valence-electron chi connectivity index (χ3n) is 2.35. The zero-order chi connectivity index (χ0) is 14.0. The summed E-state index contributed by atoms with van der Waals surface area (Å²) in [6.07, 6.45) is 0. The van der Waals surface area contributed by atoms with Crippen LogP contribution in [0.3, 0.4) is 0 Å². The lowest BCUT2D eigenvalue weighted by molar-refractivity contribution is 0.302. The van der Waals surface area contributed by atoms with Gasteiger partial charge in [0.1, 0.15) is 12.4 Å². The summed E-state index contributed by atoms with van der Waals surface area (Å²) < 4.78 is 9.49. The normalized spacial score (nSPS) is 10.6. The first-order valence-electron chi connectivity index (χ1n) is 5.18. The van der Waals surface area contributed by atoms with Crippen LogP contribution in [-0.2, 0) is 6.61 Å². The van der Waals surface area contributed by atoms with Gasteiger partial charge in [0, 0.05) is 19.5 Å². The Morgan fingerprint density at radius 1 is 0.895 bits per heavy atom. The second-order valence-corrected chi connectivity index (χ2v) is 7.67. The molecule has 2 aromatic carbocycles. The third-order valence-corrected chi connectivity index (χ3v) is 4.83. The van der Waals surface area contributed by atoms with Gasteiger partial charge in [-0.15, -0.1) is 0 Å². The van der Waals surface area contributed by atoms with E-state index in [1.807, 2.05) is 30.3 Å². The highest BCUT2D eigenvalue weighted by molar-refractivity contribution is 9.11. The fourth-order valence-electron chi connectivity index (χ4n) is 1.46. The van der Waals surface area contributed by atoms with E-state index in [0.29, 0.717) is 11.6 Å². The highest BCUT2D eigenvalue weighted by Gasteiger charge is 2.09. The van der Waals surface area contributed by atoms with Crippen molar-refractivity contribution in [2.45, 2.75) is 6.61 Å². The maximum atomic E-state index is 6.16. The van der Waals surface area contributed by atoms with Crippen LogP contribution in [0.2, 0.25) is 5.02 Å². The van der Waals surface area contributed by atoms with Crippen LogP contribution in [0.4, 0.5) is 0 Å². The highest BCUT2D eigenvalue weighted by atomic mass is 79.9. The monoisotopic (exact) mass is 530 g/mol. The molecule has 0 saturated heterocycles. The minimum atomic E-state index is 0.408. The SMILES string of the molecule is Clc1cc(Br)ccc1COc1c(Br)cc(Br)cc1Br. The van der Waals surface area contributed by atoms with Gasteiger partial charge < -0.3 is 4.74 Å². The van der Waals surface area contributed by atoms with Crippen LogP contribution in [0.1, 0.15) is 5.56 Å². The second kappa shape index (κ2) is 6.94. The molecule has 19 heavy (non-hydrogen) atoms. The van der Waals surface area contributed by atoms with Crippen molar-refractivity contribution in [3.05, 3.63) is 58.8 Å². The van der Waals surface area contributed by atoms with Gasteiger partial charge in [-0.05, 0) is 56.1 Å². The summed E-state index contributed by atoms with van der Waals surface area (Å²) in [5.41, 5.74) is 0.937. The molecule has 0 saturated carbocycles. The highest BCUT2D eigenvalue weighted by Crippen LogP contribution is 2.37. The largest absolute Gasteiger partial charge is 0.486 e. The Morgan fingerprint density at radius 2 is 1.53 bits per heavy atom. The number of halogens is 5. The molecule has 0 unspecified atom stereocenters. The molecule has 0 aliphatic carbocycles. The number of hydrogen-bond donors (Lipinski definition) is 0. The minimum Gasteiger partial charge on any atom is -0.486 e. The van der Waals surface area contributed by atoms with E-state index in [2.05, 4.69) is 63.7 Å². The van der Waals surface area contributed by atoms with Crippen LogP contribution in [-0.4, -0.2) is 0 Å². The van der Waals surface area contributed by atoms with Crippen molar-refractivity contribution in [1.29, 1.82) is 0 Å². The standard InChI is InChI=1S/C13H7Br4ClO/c14-8-2-1-7(12(18)5-8)6-19-13-10(16)3-9(15)4-11(13)17/h1-5H,6H2. The molecule has 0 fully saturated rings. The molecule has 0 N–H and O–H groups in total. The van der Waals surface area contributed by atoms with E-state index < -0.39 is 0 Å². The molecule has 2 aromatic rings. The molecule has 0 spiro atoms. The molecule has 0 aromatic heterocycles. The first-order chi connectivity index (χ1) is 8.97. The Morgan fingerprint density at radius 3 is 2.11 bits per heavy atom. The van der Waals surface area contributed by atoms with Crippen molar-refractivity contribution < 1.29 is 4.74 Å². The van der Waals surface area contributed by atoms with Crippen LogP contribution >= 0.6 is 75.3 Å². The quantitative estimate of drug-likeness (QED) is 0.414. The summed E-state index contributed by atoms with van der Waals surface area (Å²) in [7, 11) is 0. The van der Waals surface area contributed by atoms with Crippen molar-refractivity contribution in [3.63, 3.8) is 0 Å². The Hall–Kier alpha value is 0.450. The maximum Gasteiger partial charge on any atom is 0.148 e. The first kappa shape index (κ1) is 15.8. The molecule has 0 amide bonds. The molecule has 0 aliphatic rings. The van der Waals surface area contributed by atoms with Gasteiger partial charge in [-0.2, -0.15) is 0 Å². The molecule has 0 bridgehead atoms. The van der Waals surface area contributed by atoms with Crippen molar-refractivity contribution in [2.75, 3.05) is 0 Å². The average molecular weight is 534 g/mol. The van der Waals surface area contributed by atoms with E-state index in [9.17, 15) is 0 Å². The summed E-state index contributed by atoms with van der Waals surface area (Å²) in [5, 5.41) is 0.679. The van der Waals surface area contributed by atoms with Gasteiger partial charge in [0.2, 0.25) is 0 Å². The van der Waals surface area contributed by atoms with Crippen LogP contribution in [0.15, 0.2) is 48.2 Å². The van der Waals surface area contributed by atoms with Gasteiger partial charge in [-0.3, -0.25) is 0 Å². The third kappa shape index (κ3) is 4.21. The number of rotatable bonds is 3. The second-order valence-electron chi connectivity index (χ2n) is 3.72. The minimum absolute atomic E-state index is 0.408. The maximum absolute atomic E-state index is 6.16. The predicted molar refractivity (Wildman–Crippen MR) is 93.0 cm³/mol. The Balaban J connectivity index is 2.19. The zero-order valence-electron chi connectivity index (χ0n) is 9.39. The van der Waals surface area contributed by atoms with E-state index in [1.54, 1.807) is 0 Å². The van der Waals surface area contributed by atoms with Gasteiger partial charge >= 0.3 is 0 Å². The molecule has 0 atom stereocenters. The molecule has 2 rings (SSSR count). The summed E-state index contributed by atoms with van der Waals surface area (Å²) in [6, 6.07) is 9.60. The molecule has 100 valence electrons. The fourth-order valence-corrected chi connectivity index (χ4v) is 4.67. The molecule has 0 heterocycles. The lowest BCUT2D eigenvalue weighted by Gasteiger charge is -2.12. The fraction of sp³-hybridized carbons (Fsp3) is 0.0769. The molecule has 6 heteroatoms. The van der Waals surface area contributed by atoms with E-state index in [1.165, 1.54) is 0 Å². The van der Waals surface area contributed by atoms with Crippen LogP contribution in [0, 0.1) is 0 Å². The summed E-state index contributed by atoms with van der Waals surface area (Å²) in [4.78, 5) is 0. The van der Waals surface area contributed by atoms with Crippen molar-refractivity contribution in [2.24, 2.45) is 0 Å². The van der Waals surface area contributed by atoms with E-state index >= 15 is 0 Å². The van der Waals surface area contributed by atoms with Gasteiger partial charge in [-0.25, -0.2) is 0 Å². The van der Waals surface area contributed by atoms with Gasteiger partial charge in [0.15, 0.2) is 0 Å². The van der Waals surface area contributed by atoms with Crippen molar-refractivity contribution >= 4 is 75.3 Å². The molecule has 0 aliphatic heterocycles. The van der Waals surface area contributed by atoms with Crippen molar-refractivity contribution in [3.8, 4) is 5.75 Å². The van der Waals surface area contributed by atoms with Gasteiger partial charge in [0.05, 0.1) is 8.95 Å². The average Bonchev–Trinajstić information content (AvgIpc) is 2.30. The number of ether oxygens (including phenoxy) is 1. The van der Waals surface area contributed by atoms with E-state index in [0.717, 1.165) is 29.2 Å². The molecular formula is C13H7Br4ClO. The number of benzene rings is 2. The molecular weight excluding hydrogens is 527 g/mol. The van der Waals surface area contributed by atoms with Crippen molar-refractivity contribution in [1.82, 2.24) is 0 Å². The lowest BCUT2D eigenvalue weighted by Crippen LogP contribution is -1.98. The van der Waals surface area contributed by atoms with Gasteiger partial charge in [-0.1, -0.05) is 49.5 Å². The Kier molecular flexibility index (Phi) is 5.78. The topological polar surface area (TPSA) is 9.23 Å². The van der Waals surface area contributed by atoms with Crippen LogP contribution in [0.5, 0.6) is 5.75 Å². The summed E-state index contributed by atoms with van der Waals surface area (Å²) >= 11 is 19.9. The van der Waals surface area contributed by atoms with E-state index in [-0.39, 0.29) is 0 Å². The molecule has 0 radical (unpaired) electrons. The molecule has 1 nitrogen and oxygen atoms in total. The summed E-state index contributed by atoms with van der Waals surface area (Å²) in [6.45, 7) is 0.408.